The third-order valence-corrected chi connectivity index (χ3v) is 4.10. The van der Waals surface area contributed by atoms with Crippen LogP contribution in [0.5, 0.6) is 5.88 Å². The van der Waals surface area contributed by atoms with Gasteiger partial charge in [-0.15, -0.1) is 0 Å². The highest BCUT2D eigenvalue weighted by Crippen LogP contribution is 2.25. The van der Waals surface area contributed by atoms with Crippen LogP contribution in [0.3, 0.4) is 0 Å². The van der Waals surface area contributed by atoms with E-state index in [0.717, 1.165) is 25.7 Å². The van der Waals surface area contributed by atoms with Crippen molar-refractivity contribution in [2.75, 3.05) is 6.61 Å². The zero-order chi connectivity index (χ0) is 15.2. The average molecular weight is 292 g/mol. The Balaban J connectivity index is 2.00. The van der Waals surface area contributed by atoms with Crippen molar-refractivity contribution in [3.05, 3.63) is 23.9 Å². The van der Waals surface area contributed by atoms with Crippen LogP contribution in [-0.4, -0.2) is 34.8 Å². The van der Waals surface area contributed by atoms with E-state index in [4.69, 9.17) is 4.74 Å². The number of aliphatic hydroxyl groups is 1. The van der Waals surface area contributed by atoms with Crippen molar-refractivity contribution in [3.8, 4) is 5.88 Å². The lowest BCUT2D eigenvalue weighted by molar-refractivity contribution is 0.0915. The van der Waals surface area contributed by atoms with Gasteiger partial charge in [0, 0.05) is 36.4 Å². The summed E-state index contributed by atoms with van der Waals surface area (Å²) in [5.41, 5.74) is 0.548. The van der Waals surface area contributed by atoms with E-state index in [0.29, 0.717) is 11.4 Å². The Hall–Kier alpha value is -1.62. The van der Waals surface area contributed by atoms with Gasteiger partial charge in [-0.05, 0) is 32.3 Å². The fourth-order valence-corrected chi connectivity index (χ4v) is 2.60. The number of hydrogen-bond donors (Lipinski definition) is 2. The van der Waals surface area contributed by atoms with Crippen LogP contribution in [0.4, 0.5) is 0 Å². The van der Waals surface area contributed by atoms with E-state index in [2.05, 4.69) is 10.3 Å². The Morgan fingerprint density at radius 2 is 2.38 bits per heavy atom. The highest BCUT2D eigenvalue weighted by Gasteiger charge is 2.28. The topological polar surface area (TPSA) is 71.5 Å². The molecule has 1 aromatic heterocycles. The van der Waals surface area contributed by atoms with Crippen molar-refractivity contribution in [2.24, 2.45) is 5.92 Å². The molecule has 1 aliphatic rings. The summed E-state index contributed by atoms with van der Waals surface area (Å²) in [4.78, 5) is 16.4. The summed E-state index contributed by atoms with van der Waals surface area (Å²) >= 11 is 0. The summed E-state index contributed by atoms with van der Waals surface area (Å²) in [6.45, 7) is 4.14. The van der Waals surface area contributed by atoms with E-state index in [1.807, 2.05) is 13.8 Å². The first-order valence-electron chi connectivity index (χ1n) is 7.68. The molecule has 3 unspecified atom stereocenters. The summed E-state index contributed by atoms with van der Waals surface area (Å²) in [5, 5.41) is 12.3. The zero-order valence-corrected chi connectivity index (χ0v) is 12.7. The molecule has 0 saturated heterocycles. The molecule has 0 aliphatic heterocycles. The predicted molar refractivity (Wildman–Crippen MR) is 80.3 cm³/mol. The average Bonchev–Trinajstić information content (AvgIpc) is 2.94. The maximum absolute atomic E-state index is 12.3. The lowest BCUT2D eigenvalue weighted by atomic mass is 10.0. The summed E-state index contributed by atoms with van der Waals surface area (Å²) in [7, 11) is 0. The third-order valence-electron chi connectivity index (χ3n) is 4.10. The van der Waals surface area contributed by atoms with Gasteiger partial charge in [0.1, 0.15) is 0 Å². The molecule has 1 amide bonds. The molecule has 0 bridgehead atoms. The molecule has 1 saturated carbocycles. The quantitative estimate of drug-likeness (QED) is 0.842. The van der Waals surface area contributed by atoms with Crippen molar-refractivity contribution in [1.82, 2.24) is 10.3 Å². The molecule has 5 heteroatoms. The first-order chi connectivity index (χ1) is 10.1. The minimum Gasteiger partial charge on any atom is -0.475 e. The molecule has 1 heterocycles. The summed E-state index contributed by atoms with van der Waals surface area (Å²) in [6, 6.07) is 3.42. The van der Waals surface area contributed by atoms with Crippen LogP contribution >= 0.6 is 0 Å². The number of nitrogens with one attached hydrogen (secondary N) is 1. The molecule has 5 nitrogen and oxygen atoms in total. The largest absolute Gasteiger partial charge is 0.475 e. The first kappa shape index (κ1) is 15.8. The molecule has 1 fully saturated rings. The standard InChI is InChI=1S/C16H24N2O3/c1-3-11(2)21-15-9-12(7-8-17-15)16(20)18-14-6-4-5-13(14)10-19/h7-9,11,13-14,19H,3-6,10H2,1-2H3,(H,18,20). The third kappa shape index (κ3) is 4.17. The van der Waals surface area contributed by atoms with Crippen LogP contribution in [0.25, 0.3) is 0 Å². The van der Waals surface area contributed by atoms with Crippen LogP contribution in [0, 0.1) is 5.92 Å². The van der Waals surface area contributed by atoms with Gasteiger partial charge in [-0.1, -0.05) is 13.3 Å². The van der Waals surface area contributed by atoms with Crippen LogP contribution in [0.1, 0.15) is 49.9 Å². The van der Waals surface area contributed by atoms with Crippen LogP contribution in [0.15, 0.2) is 18.3 Å². The molecule has 1 aliphatic carbocycles. The number of amides is 1. The Bertz CT molecular complexity index is 478. The number of carbonyl (C=O) groups is 1. The monoisotopic (exact) mass is 292 g/mol. The number of aromatic nitrogens is 1. The summed E-state index contributed by atoms with van der Waals surface area (Å²) < 4.78 is 5.64. The number of aliphatic hydroxyl groups excluding tert-OH is 1. The number of ether oxygens (including phenoxy) is 1. The molecule has 0 radical (unpaired) electrons. The molecule has 21 heavy (non-hydrogen) atoms. The maximum Gasteiger partial charge on any atom is 0.251 e. The smallest absolute Gasteiger partial charge is 0.251 e. The van der Waals surface area contributed by atoms with E-state index >= 15 is 0 Å². The Kier molecular flexibility index (Phi) is 5.56. The second-order valence-corrected chi connectivity index (χ2v) is 5.67. The van der Waals surface area contributed by atoms with Gasteiger partial charge >= 0.3 is 0 Å². The van der Waals surface area contributed by atoms with Crippen molar-refractivity contribution < 1.29 is 14.6 Å². The summed E-state index contributed by atoms with van der Waals surface area (Å²) in [5.74, 6) is 0.519. The second-order valence-electron chi connectivity index (χ2n) is 5.67. The van der Waals surface area contributed by atoms with Crippen LogP contribution in [-0.2, 0) is 0 Å². The predicted octanol–water partition coefficient (Wildman–Crippen LogP) is 2.15. The molecular weight excluding hydrogens is 268 g/mol. The zero-order valence-electron chi connectivity index (χ0n) is 12.7. The number of pyridine rings is 1. The minimum absolute atomic E-state index is 0.0644. The van der Waals surface area contributed by atoms with Crippen molar-refractivity contribution in [2.45, 2.75) is 51.7 Å². The number of rotatable bonds is 6. The van der Waals surface area contributed by atoms with Gasteiger partial charge in [0.15, 0.2) is 0 Å². The van der Waals surface area contributed by atoms with Gasteiger partial charge in [0.2, 0.25) is 5.88 Å². The number of hydrogen-bond acceptors (Lipinski definition) is 4. The molecule has 0 aromatic carbocycles. The van der Waals surface area contributed by atoms with Crippen LogP contribution in [0.2, 0.25) is 0 Å². The van der Waals surface area contributed by atoms with Gasteiger partial charge in [0.25, 0.3) is 5.91 Å². The maximum atomic E-state index is 12.3. The van der Waals surface area contributed by atoms with Gasteiger partial charge in [-0.2, -0.15) is 0 Å². The fourth-order valence-electron chi connectivity index (χ4n) is 2.60. The first-order valence-corrected chi connectivity index (χ1v) is 7.68. The van der Waals surface area contributed by atoms with Gasteiger partial charge in [-0.25, -0.2) is 4.98 Å². The molecule has 116 valence electrons. The SMILES string of the molecule is CCC(C)Oc1cc(C(=O)NC2CCCC2CO)ccn1. The molecule has 2 rings (SSSR count). The summed E-state index contributed by atoms with van der Waals surface area (Å²) in [6.07, 6.45) is 5.50. The van der Waals surface area contributed by atoms with Crippen molar-refractivity contribution >= 4 is 5.91 Å². The lowest BCUT2D eigenvalue weighted by Crippen LogP contribution is -2.38. The fraction of sp³-hybridized carbons (Fsp3) is 0.625. The molecule has 0 spiro atoms. The van der Waals surface area contributed by atoms with Gasteiger partial charge < -0.3 is 15.2 Å². The number of carbonyl (C=O) groups excluding carboxylic acids is 1. The highest BCUT2D eigenvalue weighted by molar-refractivity contribution is 5.94. The van der Waals surface area contributed by atoms with E-state index < -0.39 is 0 Å². The van der Waals surface area contributed by atoms with E-state index in [-0.39, 0.29) is 30.6 Å². The van der Waals surface area contributed by atoms with Crippen LogP contribution < -0.4 is 10.1 Å². The molecule has 2 N–H and O–H groups in total. The highest BCUT2D eigenvalue weighted by atomic mass is 16.5. The molecule has 3 atom stereocenters. The molecule has 1 aromatic rings. The van der Waals surface area contributed by atoms with E-state index in [1.54, 1.807) is 18.3 Å². The second kappa shape index (κ2) is 7.41. The van der Waals surface area contributed by atoms with Gasteiger partial charge in [0.05, 0.1) is 6.10 Å². The Labute approximate surface area is 125 Å². The lowest BCUT2D eigenvalue weighted by Gasteiger charge is -2.19. The Morgan fingerprint density at radius 3 is 3.10 bits per heavy atom. The Morgan fingerprint density at radius 1 is 1.57 bits per heavy atom. The minimum atomic E-state index is -0.128. The van der Waals surface area contributed by atoms with E-state index in [1.165, 1.54) is 0 Å². The number of nitrogens with zero attached hydrogens (tertiary/aromatic N) is 1. The molecular formula is C16H24N2O3. The normalized spacial score (nSPS) is 22.8. The van der Waals surface area contributed by atoms with E-state index in [9.17, 15) is 9.90 Å². The van der Waals surface area contributed by atoms with Gasteiger partial charge in [-0.3, -0.25) is 4.79 Å². The van der Waals surface area contributed by atoms with Crippen molar-refractivity contribution in [1.29, 1.82) is 0 Å². The van der Waals surface area contributed by atoms with Crippen molar-refractivity contribution in [3.63, 3.8) is 0 Å².